The first-order chi connectivity index (χ1) is 12.3. The van der Waals surface area contributed by atoms with Crippen molar-refractivity contribution >= 4 is 27.5 Å². The number of amides is 1. The molecular formula is C18H21N3O4S. The number of furan rings is 1. The monoisotopic (exact) mass is 375 g/mol. The van der Waals surface area contributed by atoms with Crippen LogP contribution in [0.2, 0.25) is 0 Å². The van der Waals surface area contributed by atoms with Crippen LogP contribution in [-0.4, -0.2) is 20.2 Å². The summed E-state index contributed by atoms with van der Waals surface area (Å²) in [6.45, 7) is 4.06. The average molecular weight is 375 g/mol. The van der Waals surface area contributed by atoms with Crippen molar-refractivity contribution in [3.63, 3.8) is 0 Å². The highest BCUT2D eigenvalue weighted by Crippen LogP contribution is 2.28. The van der Waals surface area contributed by atoms with Gasteiger partial charge in [-0.3, -0.25) is 4.79 Å². The molecule has 138 valence electrons. The number of nitrogens with zero attached hydrogens (tertiary/aromatic N) is 1. The number of benzene rings is 1. The summed E-state index contributed by atoms with van der Waals surface area (Å²) in [5.41, 5.74) is 0.516. The molecule has 1 aliphatic rings. The first kappa shape index (κ1) is 18.2. The summed E-state index contributed by atoms with van der Waals surface area (Å²) >= 11 is 0. The molecule has 0 saturated carbocycles. The van der Waals surface area contributed by atoms with E-state index in [1.165, 1.54) is 6.07 Å². The van der Waals surface area contributed by atoms with Crippen LogP contribution in [0.25, 0.3) is 0 Å². The summed E-state index contributed by atoms with van der Waals surface area (Å²) in [6, 6.07) is 10.3. The third-order valence-corrected chi connectivity index (χ3v) is 5.38. The lowest BCUT2D eigenvalue weighted by atomic mass is 10.0. The molecule has 0 fully saturated rings. The van der Waals surface area contributed by atoms with Crippen LogP contribution < -0.4 is 10.6 Å². The van der Waals surface area contributed by atoms with Gasteiger partial charge in [0.15, 0.2) is 0 Å². The van der Waals surface area contributed by atoms with Gasteiger partial charge < -0.3 is 15.1 Å². The summed E-state index contributed by atoms with van der Waals surface area (Å²) in [5.74, 6) is 1.66. The zero-order valence-electron chi connectivity index (χ0n) is 14.7. The van der Waals surface area contributed by atoms with Gasteiger partial charge in [-0.1, -0.05) is 19.1 Å². The van der Waals surface area contributed by atoms with Gasteiger partial charge in [0, 0.05) is 12.8 Å². The minimum absolute atomic E-state index is 0.0694. The van der Waals surface area contributed by atoms with Crippen LogP contribution in [0.5, 0.6) is 0 Å². The number of anilines is 1. The van der Waals surface area contributed by atoms with Gasteiger partial charge in [0.05, 0.1) is 12.2 Å². The molecular weight excluding hydrogens is 354 g/mol. The Morgan fingerprint density at radius 1 is 1.27 bits per heavy atom. The molecule has 2 N–H and O–H groups in total. The third kappa shape index (κ3) is 4.32. The predicted molar refractivity (Wildman–Crippen MR) is 98.4 cm³/mol. The molecule has 1 unspecified atom stereocenters. The van der Waals surface area contributed by atoms with E-state index in [4.69, 9.17) is 4.42 Å². The Hall–Kier alpha value is -2.61. The van der Waals surface area contributed by atoms with Crippen molar-refractivity contribution in [2.24, 2.45) is 10.3 Å². The highest BCUT2D eigenvalue weighted by Gasteiger charge is 2.25. The van der Waals surface area contributed by atoms with Crippen LogP contribution in [-0.2, 0) is 21.4 Å². The Morgan fingerprint density at radius 3 is 2.77 bits per heavy atom. The summed E-state index contributed by atoms with van der Waals surface area (Å²) in [7, 11) is -3.70. The predicted octanol–water partition coefficient (Wildman–Crippen LogP) is 2.83. The number of aryl methyl sites for hydroxylation is 1. The lowest BCUT2D eigenvalue weighted by molar-refractivity contribution is -0.122. The molecule has 1 aromatic carbocycles. The molecule has 26 heavy (non-hydrogen) atoms. The first-order valence-corrected chi connectivity index (χ1v) is 9.79. The maximum atomic E-state index is 12.2. The molecule has 8 heteroatoms. The zero-order valence-corrected chi connectivity index (χ0v) is 15.5. The minimum Gasteiger partial charge on any atom is -0.465 e. The van der Waals surface area contributed by atoms with Gasteiger partial charge in [0.2, 0.25) is 5.91 Å². The van der Waals surface area contributed by atoms with Gasteiger partial charge in [-0.15, -0.1) is 4.40 Å². The molecule has 7 nitrogen and oxygen atoms in total. The Labute approximate surface area is 152 Å². The van der Waals surface area contributed by atoms with Crippen LogP contribution in [0.3, 0.4) is 0 Å². The summed E-state index contributed by atoms with van der Waals surface area (Å²) in [5, 5.41) is 5.84. The molecule has 0 bridgehead atoms. The van der Waals surface area contributed by atoms with E-state index < -0.39 is 10.0 Å². The highest BCUT2D eigenvalue weighted by molar-refractivity contribution is 7.90. The van der Waals surface area contributed by atoms with Gasteiger partial charge in [-0.05, 0) is 37.1 Å². The second-order valence-electron chi connectivity index (χ2n) is 6.44. The smallest absolute Gasteiger partial charge is 0.286 e. The van der Waals surface area contributed by atoms with E-state index in [1.807, 2.05) is 26.0 Å². The summed E-state index contributed by atoms with van der Waals surface area (Å²) in [4.78, 5) is 12.2. The molecule has 1 amide bonds. The van der Waals surface area contributed by atoms with Gasteiger partial charge in [0.25, 0.3) is 10.0 Å². The average Bonchev–Trinajstić information content (AvgIpc) is 2.98. The van der Waals surface area contributed by atoms with Crippen molar-refractivity contribution in [1.82, 2.24) is 5.32 Å². The van der Waals surface area contributed by atoms with Gasteiger partial charge >= 0.3 is 0 Å². The molecule has 2 aromatic rings. The molecule has 1 atom stereocenters. The number of hydrogen-bond acceptors (Lipinski definition) is 5. The fourth-order valence-corrected chi connectivity index (χ4v) is 3.97. The molecule has 1 aromatic heterocycles. The Morgan fingerprint density at radius 2 is 2.04 bits per heavy atom. The van der Waals surface area contributed by atoms with Crippen LogP contribution >= 0.6 is 0 Å². The second-order valence-corrected chi connectivity index (χ2v) is 8.01. The maximum Gasteiger partial charge on any atom is 0.286 e. The quantitative estimate of drug-likeness (QED) is 0.808. The molecule has 0 aliphatic carbocycles. The van der Waals surface area contributed by atoms with E-state index in [1.54, 1.807) is 18.2 Å². The van der Waals surface area contributed by atoms with Gasteiger partial charge in [-0.25, -0.2) is 0 Å². The van der Waals surface area contributed by atoms with Gasteiger partial charge in [-0.2, -0.15) is 8.42 Å². The van der Waals surface area contributed by atoms with E-state index in [-0.39, 0.29) is 23.1 Å². The molecule has 2 heterocycles. The number of amidine groups is 1. The Kier molecular flexibility index (Phi) is 5.13. The summed E-state index contributed by atoms with van der Waals surface area (Å²) < 4.78 is 33.7. The Balaban J connectivity index is 1.56. The lowest BCUT2D eigenvalue weighted by Gasteiger charge is -2.20. The molecule has 3 rings (SSSR count). The number of sulfonamides is 1. The van der Waals surface area contributed by atoms with Crippen LogP contribution in [0.1, 0.15) is 31.3 Å². The van der Waals surface area contributed by atoms with Gasteiger partial charge in [0.1, 0.15) is 22.3 Å². The summed E-state index contributed by atoms with van der Waals surface area (Å²) in [6.07, 6.45) is 0.628. The van der Waals surface area contributed by atoms with E-state index in [0.29, 0.717) is 30.2 Å². The van der Waals surface area contributed by atoms with Crippen LogP contribution in [0, 0.1) is 12.8 Å². The van der Waals surface area contributed by atoms with Crippen molar-refractivity contribution in [3.05, 3.63) is 47.9 Å². The maximum absolute atomic E-state index is 12.2. The molecule has 0 radical (unpaired) electrons. The molecule has 1 aliphatic heterocycles. The number of rotatable bonds is 6. The van der Waals surface area contributed by atoms with Crippen molar-refractivity contribution in [2.45, 2.75) is 38.1 Å². The topological polar surface area (TPSA) is 101 Å². The van der Waals surface area contributed by atoms with Crippen LogP contribution in [0.4, 0.5) is 5.69 Å². The first-order valence-electron chi connectivity index (χ1n) is 8.35. The van der Waals surface area contributed by atoms with Crippen molar-refractivity contribution in [1.29, 1.82) is 0 Å². The van der Waals surface area contributed by atoms with E-state index >= 15 is 0 Å². The zero-order chi connectivity index (χ0) is 18.7. The number of para-hydroxylation sites is 1. The standard InChI is InChI=1S/C18H21N3O4S/c1-12(10-18(22)19-11-14-8-7-13(2)25-14)9-17-20-15-5-3-4-6-16(15)26(23,24)21-17/h3-8,12H,9-11H2,1-2H3,(H,19,22)(H,20,21). The van der Waals surface area contributed by atoms with E-state index in [0.717, 1.165) is 5.76 Å². The number of carbonyl (C=O) groups excluding carboxylic acids is 1. The molecule has 0 spiro atoms. The SMILES string of the molecule is Cc1ccc(CNC(=O)CC(C)CC2=NS(=O)(=O)c3ccccc3N2)o1. The van der Waals surface area contributed by atoms with Crippen molar-refractivity contribution in [2.75, 3.05) is 5.32 Å². The van der Waals surface area contributed by atoms with Crippen molar-refractivity contribution < 1.29 is 17.6 Å². The lowest BCUT2D eigenvalue weighted by Crippen LogP contribution is -2.27. The largest absolute Gasteiger partial charge is 0.465 e. The normalized spacial score (nSPS) is 16.2. The number of nitrogens with one attached hydrogen (secondary N) is 2. The van der Waals surface area contributed by atoms with E-state index in [2.05, 4.69) is 15.0 Å². The third-order valence-electron chi connectivity index (χ3n) is 4.01. The number of carbonyl (C=O) groups is 1. The Bertz CT molecular complexity index is 947. The van der Waals surface area contributed by atoms with E-state index in [9.17, 15) is 13.2 Å². The minimum atomic E-state index is -3.70. The number of fused-ring (bicyclic) bond motifs is 1. The highest BCUT2D eigenvalue weighted by atomic mass is 32.2. The number of hydrogen-bond donors (Lipinski definition) is 2. The fraction of sp³-hybridized carbons (Fsp3) is 0.333. The second kappa shape index (κ2) is 7.33. The van der Waals surface area contributed by atoms with Crippen LogP contribution in [0.15, 0.2) is 50.1 Å². The fourth-order valence-electron chi connectivity index (χ4n) is 2.81. The molecule has 0 saturated heterocycles. The van der Waals surface area contributed by atoms with Crippen molar-refractivity contribution in [3.8, 4) is 0 Å².